The van der Waals surface area contributed by atoms with E-state index in [1.807, 2.05) is 0 Å². The Morgan fingerprint density at radius 2 is 1.39 bits per heavy atom. The van der Waals surface area contributed by atoms with Crippen LogP contribution in [-0.4, -0.2) is 20.6 Å². The van der Waals surface area contributed by atoms with Gasteiger partial charge in [0.05, 0.1) is 20.3 Å². The summed E-state index contributed by atoms with van der Waals surface area (Å²) in [7, 11) is 0. The van der Waals surface area contributed by atoms with Crippen molar-refractivity contribution in [1.82, 2.24) is 0 Å². The van der Waals surface area contributed by atoms with Crippen LogP contribution in [0.1, 0.15) is 15.9 Å². The molecule has 23 heavy (non-hydrogen) atoms. The van der Waals surface area contributed by atoms with E-state index in [4.69, 9.17) is 0 Å². The standard InChI is InChI=1S/C13H5N3O7/c17-13-8-3-4-10(15(20)21)12(16(22)23)11(8)7-2-1-6(14(18)19)5-9(7)13/h1-5H. The first kappa shape index (κ1) is 14.3. The number of ketones is 1. The number of fused-ring (bicyclic) bond motifs is 3. The third-order valence-corrected chi connectivity index (χ3v) is 3.51. The zero-order chi connectivity index (χ0) is 16.9. The van der Waals surface area contributed by atoms with Crippen LogP contribution in [0.4, 0.5) is 17.1 Å². The molecule has 0 N–H and O–H groups in total. The van der Waals surface area contributed by atoms with Crippen LogP contribution in [0, 0.1) is 30.3 Å². The Balaban J connectivity index is 2.38. The Bertz CT molecular complexity index is 935. The van der Waals surface area contributed by atoms with Crippen LogP contribution in [0.3, 0.4) is 0 Å². The Hall–Kier alpha value is -3.69. The zero-order valence-corrected chi connectivity index (χ0v) is 11.1. The summed E-state index contributed by atoms with van der Waals surface area (Å²) in [6.07, 6.45) is 0. The number of nitro groups is 3. The summed E-state index contributed by atoms with van der Waals surface area (Å²) in [5.74, 6) is -0.642. The third-order valence-electron chi connectivity index (χ3n) is 3.51. The van der Waals surface area contributed by atoms with Gasteiger partial charge in [-0.05, 0) is 12.1 Å². The van der Waals surface area contributed by atoms with Gasteiger partial charge in [-0.15, -0.1) is 0 Å². The van der Waals surface area contributed by atoms with Gasteiger partial charge < -0.3 is 0 Å². The molecule has 0 spiro atoms. The Morgan fingerprint density at radius 1 is 0.739 bits per heavy atom. The van der Waals surface area contributed by atoms with E-state index in [-0.39, 0.29) is 27.9 Å². The number of benzene rings is 2. The molecule has 0 fully saturated rings. The second-order valence-electron chi connectivity index (χ2n) is 4.69. The summed E-state index contributed by atoms with van der Waals surface area (Å²) in [5.41, 5.74) is -2.16. The molecule has 0 radical (unpaired) electrons. The predicted octanol–water partition coefficient (Wildman–Crippen LogP) is 2.62. The van der Waals surface area contributed by atoms with E-state index in [0.29, 0.717) is 0 Å². The average Bonchev–Trinajstić information content (AvgIpc) is 2.79. The van der Waals surface area contributed by atoms with Gasteiger partial charge in [0.2, 0.25) is 0 Å². The number of hydrogen-bond donors (Lipinski definition) is 0. The zero-order valence-electron chi connectivity index (χ0n) is 11.1. The number of rotatable bonds is 3. The van der Waals surface area contributed by atoms with Crippen molar-refractivity contribution in [3.05, 3.63) is 71.8 Å². The molecule has 0 aromatic heterocycles. The molecule has 2 aromatic rings. The van der Waals surface area contributed by atoms with Gasteiger partial charge in [0.1, 0.15) is 0 Å². The van der Waals surface area contributed by atoms with E-state index in [9.17, 15) is 35.1 Å². The molecule has 0 saturated heterocycles. The summed E-state index contributed by atoms with van der Waals surface area (Å²) in [6, 6.07) is 5.29. The Kier molecular flexibility index (Phi) is 2.89. The molecule has 0 bridgehead atoms. The lowest BCUT2D eigenvalue weighted by atomic mass is 10.0. The van der Waals surface area contributed by atoms with Gasteiger partial charge in [-0.25, -0.2) is 0 Å². The molecule has 0 amide bonds. The maximum absolute atomic E-state index is 12.3. The molecule has 0 aliphatic heterocycles. The van der Waals surface area contributed by atoms with Crippen LogP contribution in [-0.2, 0) is 0 Å². The first-order valence-corrected chi connectivity index (χ1v) is 6.12. The fourth-order valence-electron chi connectivity index (χ4n) is 2.57. The minimum Gasteiger partial charge on any atom is -0.289 e. The summed E-state index contributed by atoms with van der Waals surface area (Å²) in [5, 5.41) is 33.0. The summed E-state index contributed by atoms with van der Waals surface area (Å²) >= 11 is 0. The van der Waals surface area contributed by atoms with Crippen molar-refractivity contribution in [1.29, 1.82) is 0 Å². The molecule has 10 nitrogen and oxygen atoms in total. The molecular weight excluding hydrogens is 310 g/mol. The highest BCUT2D eigenvalue weighted by molar-refractivity contribution is 6.23. The van der Waals surface area contributed by atoms with E-state index in [0.717, 1.165) is 24.3 Å². The number of carbonyl (C=O) groups excluding carboxylic acids is 1. The van der Waals surface area contributed by atoms with Crippen molar-refractivity contribution in [2.75, 3.05) is 0 Å². The number of nitro benzene ring substituents is 3. The van der Waals surface area contributed by atoms with Crippen molar-refractivity contribution >= 4 is 22.8 Å². The number of carbonyl (C=O) groups is 1. The van der Waals surface area contributed by atoms with E-state index in [1.165, 1.54) is 6.07 Å². The molecule has 1 aliphatic carbocycles. The first-order chi connectivity index (χ1) is 10.8. The van der Waals surface area contributed by atoms with E-state index >= 15 is 0 Å². The molecule has 0 heterocycles. The minimum absolute atomic E-state index is 0.0750. The molecule has 0 unspecified atom stereocenters. The van der Waals surface area contributed by atoms with Crippen molar-refractivity contribution in [2.24, 2.45) is 0 Å². The Labute approximate surface area is 126 Å². The Morgan fingerprint density at radius 3 is 1.96 bits per heavy atom. The fourth-order valence-corrected chi connectivity index (χ4v) is 2.57. The molecule has 0 saturated carbocycles. The van der Waals surface area contributed by atoms with Gasteiger partial charge in [-0.1, -0.05) is 0 Å². The summed E-state index contributed by atoms with van der Waals surface area (Å²) in [4.78, 5) is 42.8. The van der Waals surface area contributed by atoms with Gasteiger partial charge in [0.25, 0.3) is 5.69 Å². The van der Waals surface area contributed by atoms with Crippen LogP contribution in [0.5, 0.6) is 0 Å². The van der Waals surface area contributed by atoms with Crippen LogP contribution in [0.15, 0.2) is 30.3 Å². The van der Waals surface area contributed by atoms with Crippen molar-refractivity contribution in [3.8, 4) is 11.1 Å². The summed E-state index contributed by atoms with van der Waals surface area (Å²) < 4.78 is 0. The normalized spacial score (nSPS) is 11.7. The van der Waals surface area contributed by atoms with Crippen LogP contribution < -0.4 is 0 Å². The predicted molar refractivity (Wildman–Crippen MR) is 75.3 cm³/mol. The van der Waals surface area contributed by atoms with Gasteiger partial charge in [0.15, 0.2) is 5.78 Å². The second kappa shape index (κ2) is 4.66. The lowest BCUT2D eigenvalue weighted by Crippen LogP contribution is -2.01. The maximum atomic E-state index is 12.3. The molecule has 2 aromatic carbocycles. The molecule has 3 rings (SSSR count). The highest BCUT2D eigenvalue weighted by Gasteiger charge is 2.39. The highest BCUT2D eigenvalue weighted by atomic mass is 16.6. The lowest BCUT2D eigenvalue weighted by molar-refractivity contribution is -0.422. The highest BCUT2D eigenvalue weighted by Crippen LogP contribution is 2.47. The molecular formula is C13H5N3O7. The van der Waals surface area contributed by atoms with Crippen molar-refractivity contribution in [2.45, 2.75) is 0 Å². The molecule has 1 aliphatic rings. The summed E-state index contributed by atoms with van der Waals surface area (Å²) in [6.45, 7) is 0. The lowest BCUT2D eigenvalue weighted by Gasteiger charge is -2.02. The van der Waals surface area contributed by atoms with E-state index in [2.05, 4.69) is 0 Å². The monoisotopic (exact) mass is 315 g/mol. The molecule has 114 valence electrons. The van der Waals surface area contributed by atoms with Gasteiger partial charge in [-0.2, -0.15) is 0 Å². The first-order valence-electron chi connectivity index (χ1n) is 6.12. The maximum Gasteiger partial charge on any atom is 0.354 e. The van der Waals surface area contributed by atoms with Crippen LogP contribution >= 0.6 is 0 Å². The second-order valence-corrected chi connectivity index (χ2v) is 4.69. The van der Waals surface area contributed by atoms with E-state index < -0.39 is 31.9 Å². The largest absolute Gasteiger partial charge is 0.354 e. The topological polar surface area (TPSA) is 146 Å². The third kappa shape index (κ3) is 1.92. The van der Waals surface area contributed by atoms with E-state index in [1.54, 1.807) is 0 Å². The average molecular weight is 315 g/mol. The van der Waals surface area contributed by atoms with Crippen molar-refractivity contribution in [3.63, 3.8) is 0 Å². The minimum atomic E-state index is -0.930. The molecule has 10 heteroatoms. The van der Waals surface area contributed by atoms with Crippen molar-refractivity contribution < 1.29 is 19.6 Å². The smallest absolute Gasteiger partial charge is 0.289 e. The van der Waals surface area contributed by atoms with Crippen LogP contribution in [0.25, 0.3) is 11.1 Å². The quantitative estimate of drug-likeness (QED) is 0.533. The number of nitrogens with zero attached hydrogens (tertiary/aromatic N) is 3. The van der Waals surface area contributed by atoms with Gasteiger partial charge >= 0.3 is 11.4 Å². The van der Waals surface area contributed by atoms with Gasteiger partial charge in [0, 0.05) is 34.9 Å². The number of non-ortho nitro benzene ring substituents is 1. The van der Waals surface area contributed by atoms with Crippen LogP contribution in [0.2, 0.25) is 0 Å². The van der Waals surface area contributed by atoms with Gasteiger partial charge in [-0.3, -0.25) is 35.1 Å². The SMILES string of the molecule is O=C1c2cc([N+](=O)[O-])ccc2-c2c1ccc([N+](=O)[O-])c2[N+](=O)[O-]. The number of hydrogen-bond acceptors (Lipinski definition) is 7. The molecule has 0 atom stereocenters. The fraction of sp³-hybridized carbons (Fsp3) is 0.